The summed E-state index contributed by atoms with van der Waals surface area (Å²) >= 11 is 0. The predicted molar refractivity (Wildman–Crippen MR) is 75.8 cm³/mol. The molecule has 0 aliphatic carbocycles. The number of hydrogen-bond acceptors (Lipinski definition) is 0. The molecule has 0 saturated heterocycles. The molecule has 0 aliphatic rings. The van der Waals surface area contributed by atoms with Gasteiger partial charge in [-0.3, -0.25) is 0 Å². The molecule has 0 radical (unpaired) electrons. The van der Waals surface area contributed by atoms with Crippen LogP contribution in [-0.4, -0.2) is 0 Å². The van der Waals surface area contributed by atoms with E-state index in [1.807, 2.05) is 0 Å². The molecule has 0 saturated carbocycles. The van der Waals surface area contributed by atoms with E-state index in [1.165, 1.54) is 38.5 Å². The van der Waals surface area contributed by atoms with Crippen LogP contribution in [-0.2, 0) is 0 Å². The van der Waals surface area contributed by atoms with Gasteiger partial charge in [0.25, 0.3) is 0 Å². The zero-order chi connectivity index (χ0) is 12.6. The summed E-state index contributed by atoms with van der Waals surface area (Å²) in [5.41, 5.74) is 3.42. The summed E-state index contributed by atoms with van der Waals surface area (Å²) in [6.45, 7) is 14.0. The first-order valence-electron chi connectivity index (χ1n) is 7.18. The third-order valence-corrected chi connectivity index (χ3v) is 3.54. The van der Waals surface area contributed by atoms with Gasteiger partial charge in [0.1, 0.15) is 0 Å². The van der Waals surface area contributed by atoms with Crippen LogP contribution in [0.2, 0.25) is 0 Å². The van der Waals surface area contributed by atoms with E-state index in [1.54, 1.807) is 11.1 Å². The van der Waals surface area contributed by atoms with Gasteiger partial charge in [0.05, 0.1) is 0 Å². The lowest BCUT2D eigenvalue weighted by Crippen LogP contribution is -1.99. The van der Waals surface area contributed by atoms with Crippen LogP contribution in [0.25, 0.3) is 0 Å². The predicted octanol–water partition coefficient (Wildman–Crippen LogP) is 5.98. The highest BCUT2D eigenvalue weighted by molar-refractivity contribution is 5.12. The maximum absolute atomic E-state index is 2.38. The minimum atomic E-state index is 0.835. The van der Waals surface area contributed by atoms with E-state index in [0.717, 1.165) is 11.8 Å². The van der Waals surface area contributed by atoms with E-state index in [0.29, 0.717) is 0 Å². The molecule has 16 heavy (non-hydrogen) atoms. The van der Waals surface area contributed by atoms with Crippen molar-refractivity contribution in [3.63, 3.8) is 0 Å². The molecular formula is C16H32. The van der Waals surface area contributed by atoms with Gasteiger partial charge in [-0.25, -0.2) is 0 Å². The fourth-order valence-electron chi connectivity index (χ4n) is 2.04. The summed E-state index contributed by atoms with van der Waals surface area (Å²) in [6, 6.07) is 0. The molecule has 0 rings (SSSR count). The van der Waals surface area contributed by atoms with Gasteiger partial charge in [0.15, 0.2) is 0 Å². The average molecular weight is 224 g/mol. The molecule has 0 fully saturated rings. The molecule has 0 aromatic rings. The Kier molecular flexibility index (Phi) is 8.70. The van der Waals surface area contributed by atoms with Crippen molar-refractivity contribution in [3.8, 4) is 0 Å². The van der Waals surface area contributed by atoms with Crippen molar-refractivity contribution in [1.82, 2.24) is 0 Å². The van der Waals surface area contributed by atoms with Gasteiger partial charge in [0, 0.05) is 0 Å². The Morgan fingerprint density at radius 1 is 1.00 bits per heavy atom. The Labute approximate surface area is 104 Å². The third kappa shape index (κ3) is 7.09. The summed E-state index contributed by atoms with van der Waals surface area (Å²) in [4.78, 5) is 0. The van der Waals surface area contributed by atoms with Crippen LogP contribution in [0.5, 0.6) is 0 Å². The van der Waals surface area contributed by atoms with Gasteiger partial charge < -0.3 is 0 Å². The van der Waals surface area contributed by atoms with E-state index >= 15 is 0 Å². The topological polar surface area (TPSA) is 0 Å². The summed E-state index contributed by atoms with van der Waals surface area (Å²) in [6.07, 6.45) is 7.90. The van der Waals surface area contributed by atoms with Gasteiger partial charge in [-0.05, 0) is 44.4 Å². The van der Waals surface area contributed by atoms with Gasteiger partial charge in [-0.15, -0.1) is 0 Å². The lowest BCUT2D eigenvalue weighted by Gasteiger charge is -2.16. The van der Waals surface area contributed by atoms with E-state index < -0.39 is 0 Å². The molecule has 0 heteroatoms. The highest BCUT2D eigenvalue weighted by Crippen LogP contribution is 2.25. The lowest BCUT2D eigenvalue weighted by molar-refractivity contribution is 0.534. The Bertz CT molecular complexity index is 198. The van der Waals surface area contributed by atoms with Crippen LogP contribution < -0.4 is 0 Å². The highest BCUT2D eigenvalue weighted by Gasteiger charge is 2.07. The van der Waals surface area contributed by atoms with Crippen LogP contribution in [0.4, 0.5) is 0 Å². The van der Waals surface area contributed by atoms with Crippen molar-refractivity contribution in [3.05, 3.63) is 11.1 Å². The van der Waals surface area contributed by atoms with E-state index in [4.69, 9.17) is 0 Å². The SMILES string of the molecule is CCC/C(CC(C)CC)=C(/C)CCC(C)C. The van der Waals surface area contributed by atoms with Crippen molar-refractivity contribution < 1.29 is 0 Å². The zero-order valence-corrected chi connectivity index (χ0v) is 12.4. The summed E-state index contributed by atoms with van der Waals surface area (Å²) in [5.74, 6) is 1.69. The second-order valence-electron chi connectivity index (χ2n) is 5.78. The van der Waals surface area contributed by atoms with Crippen LogP contribution in [0.1, 0.15) is 80.1 Å². The standard InChI is InChI=1S/C16H32/c1-7-9-16(12-14(5)8-2)15(6)11-10-13(3)4/h13-14H,7-12H2,1-6H3/b16-15+. The van der Waals surface area contributed by atoms with Crippen LogP contribution in [0.15, 0.2) is 11.1 Å². The van der Waals surface area contributed by atoms with E-state index in [-0.39, 0.29) is 0 Å². The Balaban J connectivity index is 4.38. The molecule has 0 aromatic heterocycles. The number of allylic oxidation sites excluding steroid dienone is 2. The maximum Gasteiger partial charge on any atom is -0.0292 e. The van der Waals surface area contributed by atoms with E-state index in [2.05, 4.69) is 41.5 Å². The largest absolute Gasteiger partial charge is 0.0741 e. The molecule has 0 aromatic carbocycles. The first-order chi connectivity index (χ1) is 7.51. The first-order valence-corrected chi connectivity index (χ1v) is 7.18. The molecule has 96 valence electrons. The Morgan fingerprint density at radius 2 is 1.62 bits per heavy atom. The highest BCUT2D eigenvalue weighted by atomic mass is 14.1. The van der Waals surface area contributed by atoms with Crippen LogP contribution >= 0.6 is 0 Å². The van der Waals surface area contributed by atoms with Gasteiger partial charge >= 0.3 is 0 Å². The minimum absolute atomic E-state index is 0.835. The zero-order valence-electron chi connectivity index (χ0n) is 12.4. The minimum Gasteiger partial charge on any atom is -0.0741 e. The molecule has 0 heterocycles. The summed E-state index contributed by atoms with van der Waals surface area (Å²) in [5, 5.41) is 0. The normalized spacial score (nSPS) is 15.2. The van der Waals surface area contributed by atoms with E-state index in [9.17, 15) is 0 Å². The Morgan fingerprint density at radius 3 is 2.06 bits per heavy atom. The average Bonchev–Trinajstić information content (AvgIpc) is 2.24. The van der Waals surface area contributed by atoms with Gasteiger partial charge in [-0.2, -0.15) is 0 Å². The third-order valence-electron chi connectivity index (χ3n) is 3.54. The summed E-state index contributed by atoms with van der Waals surface area (Å²) in [7, 11) is 0. The van der Waals surface area contributed by atoms with Crippen molar-refractivity contribution in [2.24, 2.45) is 11.8 Å². The molecule has 0 amide bonds. The van der Waals surface area contributed by atoms with Crippen molar-refractivity contribution >= 4 is 0 Å². The van der Waals surface area contributed by atoms with Gasteiger partial charge in [0.2, 0.25) is 0 Å². The second kappa shape index (κ2) is 8.84. The fraction of sp³-hybridized carbons (Fsp3) is 0.875. The Hall–Kier alpha value is -0.260. The number of rotatable bonds is 8. The first kappa shape index (κ1) is 15.7. The molecule has 1 unspecified atom stereocenters. The summed E-state index contributed by atoms with van der Waals surface area (Å²) < 4.78 is 0. The fourth-order valence-corrected chi connectivity index (χ4v) is 2.04. The lowest BCUT2D eigenvalue weighted by atomic mass is 9.90. The molecule has 0 nitrogen and oxygen atoms in total. The van der Waals surface area contributed by atoms with Crippen molar-refractivity contribution in [2.75, 3.05) is 0 Å². The number of hydrogen-bond donors (Lipinski definition) is 0. The van der Waals surface area contributed by atoms with Crippen LogP contribution in [0.3, 0.4) is 0 Å². The smallest absolute Gasteiger partial charge is 0.0292 e. The van der Waals surface area contributed by atoms with Gasteiger partial charge in [-0.1, -0.05) is 58.6 Å². The van der Waals surface area contributed by atoms with Crippen LogP contribution in [0, 0.1) is 11.8 Å². The maximum atomic E-state index is 2.38. The molecule has 1 atom stereocenters. The molecule has 0 bridgehead atoms. The monoisotopic (exact) mass is 224 g/mol. The second-order valence-corrected chi connectivity index (χ2v) is 5.78. The molecular weight excluding hydrogens is 192 g/mol. The quantitative estimate of drug-likeness (QED) is 0.445. The molecule has 0 spiro atoms. The van der Waals surface area contributed by atoms with Crippen molar-refractivity contribution in [1.29, 1.82) is 0 Å². The van der Waals surface area contributed by atoms with Crippen molar-refractivity contribution in [2.45, 2.75) is 80.1 Å². The molecule has 0 aliphatic heterocycles. The molecule has 0 N–H and O–H groups in total.